The molecule has 0 aromatic carbocycles. The van der Waals surface area contributed by atoms with Crippen LogP contribution in [-0.4, -0.2) is 29.9 Å². The first kappa shape index (κ1) is 18.3. The van der Waals surface area contributed by atoms with Crippen LogP contribution in [0.5, 0.6) is 0 Å². The fourth-order valence-corrected chi connectivity index (χ4v) is 6.76. The minimum Gasteiger partial charge on any atom is -0.435 e. The van der Waals surface area contributed by atoms with Gasteiger partial charge < -0.3 is 14.2 Å². The molecule has 6 heteroatoms. The minimum absolute atomic E-state index is 0.00850. The van der Waals surface area contributed by atoms with E-state index >= 15 is 0 Å². The topological polar surface area (TPSA) is 63.2 Å². The Bertz CT molecular complexity index is 663. The maximum atomic E-state index is 12.6. The molecule has 4 saturated heterocycles. The summed E-state index contributed by atoms with van der Waals surface area (Å²) in [4.78, 5) is 24.8. The SMILES string of the molecule is C[C@@H]1O[C@H]2OC(=O)[C@H](C)C34OOC([C@@]5(C)CCCC(C)(C)C5)(CC[C@@H]1C23)O4. The molecule has 3 unspecified atom stereocenters. The van der Waals surface area contributed by atoms with E-state index < -0.39 is 23.8 Å². The van der Waals surface area contributed by atoms with E-state index in [9.17, 15) is 4.79 Å². The standard InChI is InChI=1S/C21H32O6/c1-12-16(22)24-17-15-14(13(2)23-17)7-10-20(25-21(12,15)27-26-20)19(5)9-6-8-18(3,4)11-19/h12-15,17H,6-11H2,1-5H3/t12-,13-,14-,15?,17-,19-,20?,21?/m0/s1. The van der Waals surface area contributed by atoms with Gasteiger partial charge in [-0.25, -0.2) is 0 Å². The van der Waals surface area contributed by atoms with Crippen LogP contribution < -0.4 is 0 Å². The molecule has 1 saturated carbocycles. The van der Waals surface area contributed by atoms with Crippen LogP contribution in [0, 0.1) is 28.6 Å². The lowest BCUT2D eigenvalue weighted by Crippen LogP contribution is -2.59. The highest BCUT2D eigenvalue weighted by molar-refractivity contribution is 5.74. The third-order valence-corrected chi connectivity index (χ3v) is 8.17. The first-order valence-electron chi connectivity index (χ1n) is 10.5. The second kappa shape index (κ2) is 5.47. The van der Waals surface area contributed by atoms with E-state index in [-0.39, 0.29) is 34.7 Å². The van der Waals surface area contributed by atoms with Gasteiger partial charge >= 0.3 is 5.97 Å². The molecule has 4 heterocycles. The summed E-state index contributed by atoms with van der Waals surface area (Å²) in [6.07, 6.45) is 5.50. The second-order valence-corrected chi connectivity index (χ2v) is 10.6. The zero-order chi connectivity index (χ0) is 19.2. The van der Waals surface area contributed by atoms with Crippen molar-refractivity contribution in [3.05, 3.63) is 0 Å². The number of hydrogen-bond acceptors (Lipinski definition) is 6. The van der Waals surface area contributed by atoms with E-state index in [2.05, 4.69) is 27.7 Å². The fourth-order valence-electron chi connectivity index (χ4n) is 6.76. The zero-order valence-electron chi connectivity index (χ0n) is 17.1. The number of carbonyl (C=O) groups excluding carboxylic acids is 1. The summed E-state index contributed by atoms with van der Waals surface area (Å²) in [6, 6.07) is 0. The Morgan fingerprint density at radius 2 is 1.81 bits per heavy atom. The van der Waals surface area contributed by atoms with Gasteiger partial charge in [0.1, 0.15) is 5.92 Å². The van der Waals surface area contributed by atoms with Crippen LogP contribution in [0.3, 0.4) is 0 Å². The molecule has 6 nitrogen and oxygen atoms in total. The van der Waals surface area contributed by atoms with Crippen LogP contribution >= 0.6 is 0 Å². The Labute approximate surface area is 161 Å². The van der Waals surface area contributed by atoms with E-state index in [0.29, 0.717) is 0 Å². The highest BCUT2D eigenvalue weighted by Gasteiger charge is 2.75. The van der Waals surface area contributed by atoms with Crippen LogP contribution in [0.1, 0.15) is 73.1 Å². The van der Waals surface area contributed by atoms with Crippen molar-refractivity contribution in [3.63, 3.8) is 0 Å². The summed E-state index contributed by atoms with van der Waals surface area (Å²) >= 11 is 0. The smallest absolute Gasteiger partial charge is 0.316 e. The van der Waals surface area contributed by atoms with Crippen molar-refractivity contribution in [3.8, 4) is 0 Å². The Morgan fingerprint density at radius 1 is 1.04 bits per heavy atom. The lowest BCUT2D eigenvalue weighted by molar-refractivity contribution is -0.400. The van der Waals surface area contributed by atoms with Crippen LogP contribution in [-0.2, 0) is 28.8 Å². The van der Waals surface area contributed by atoms with Crippen molar-refractivity contribution in [1.29, 1.82) is 0 Å². The van der Waals surface area contributed by atoms with Crippen LogP contribution in [0.2, 0.25) is 0 Å². The first-order chi connectivity index (χ1) is 12.6. The number of rotatable bonds is 1. The summed E-state index contributed by atoms with van der Waals surface area (Å²) in [7, 11) is 0. The van der Waals surface area contributed by atoms with E-state index in [1.165, 1.54) is 6.42 Å². The Hall–Kier alpha value is -0.690. The van der Waals surface area contributed by atoms with Gasteiger partial charge in [0.2, 0.25) is 17.9 Å². The number of hydrogen-bond donors (Lipinski definition) is 0. The van der Waals surface area contributed by atoms with Gasteiger partial charge in [0, 0.05) is 11.8 Å². The molecular weight excluding hydrogens is 348 g/mol. The first-order valence-corrected chi connectivity index (χ1v) is 10.5. The summed E-state index contributed by atoms with van der Waals surface area (Å²) in [6.45, 7) is 10.8. The van der Waals surface area contributed by atoms with Crippen molar-refractivity contribution >= 4 is 5.97 Å². The summed E-state index contributed by atoms with van der Waals surface area (Å²) in [5.41, 5.74) is 0.0833. The monoisotopic (exact) mass is 380 g/mol. The molecule has 152 valence electrons. The molecule has 0 aromatic heterocycles. The highest BCUT2D eigenvalue weighted by atomic mass is 17.3. The van der Waals surface area contributed by atoms with Gasteiger partial charge in [0.25, 0.3) is 0 Å². The summed E-state index contributed by atoms with van der Waals surface area (Å²) < 4.78 is 18.4. The molecule has 27 heavy (non-hydrogen) atoms. The van der Waals surface area contributed by atoms with Crippen molar-refractivity contribution in [2.45, 2.75) is 97.1 Å². The molecule has 1 spiro atoms. The average molecular weight is 380 g/mol. The van der Waals surface area contributed by atoms with Crippen LogP contribution in [0.4, 0.5) is 0 Å². The summed E-state index contributed by atoms with van der Waals surface area (Å²) in [5, 5.41) is 0. The summed E-state index contributed by atoms with van der Waals surface area (Å²) in [5.74, 6) is -2.72. The average Bonchev–Trinajstić information content (AvgIpc) is 3.03. The minimum atomic E-state index is -1.11. The fraction of sp³-hybridized carbons (Fsp3) is 0.952. The number of carbonyl (C=O) groups is 1. The molecule has 4 aliphatic heterocycles. The van der Waals surface area contributed by atoms with Gasteiger partial charge in [-0.05, 0) is 50.9 Å². The van der Waals surface area contributed by atoms with Crippen molar-refractivity contribution in [2.24, 2.45) is 28.6 Å². The predicted molar refractivity (Wildman–Crippen MR) is 94.9 cm³/mol. The molecule has 0 radical (unpaired) electrons. The third-order valence-electron chi connectivity index (χ3n) is 8.17. The van der Waals surface area contributed by atoms with E-state index in [1.54, 1.807) is 0 Å². The molecule has 1 aliphatic carbocycles. The zero-order valence-corrected chi connectivity index (χ0v) is 17.1. The highest BCUT2D eigenvalue weighted by Crippen LogP contribution is 2.65. The molecule has 5 rings (SSSR count). The molecule has 0 amide bonds. The molecule has 0 aromatic rings. The number of ether oxygens (including phenoxy) is 3. The van der Waals surface area contributed by atoms with Crippen molar-refractivity contribution < 1.29 is 28.8 Å². The quantitative estimate of drug-likeness (QED) is 0.507. The van der Waals surface area contributed by atoms with Gasteiger partial charge in [-0.1, -0.05) is 27.2 Å². The van der Waals surface area contributed by atoms with Gasteiger partial charge in [-0.2, -0.15) is 9.78 Å². The van der Waals surface area contributed by atoms with Crippen molar-refractivity contribution in [2.75, 3.05) is 0 Å². The Balaban J connectivity index is 1.58. The predicted octanol–water partition coefficient (Wildman–Crippen LogP) is 3.93. The maximum absolute atomic E-state index is 12.6. The normalized spacial score (nSPS) is 56.3. The molecule has 8 atom stereocenters. The van der Waals surface area contributed by atoms with Gasteiger partial charge in [-0.3, -0.25) is 4.79 Å². The molecule has 5 aliphatic rings. The maximum Gasteiger partial charge on any atom is 0.316 e. The molecule has 2 bridgehead atoms. The Kier molecular flexibility index (Phi) is 3.71. The van der Waals surface area contributed by atoms with Gasteiger partial charge in [0.05, 0.1) is 12.0 Å². The lowest BCUT2D eigenvalue weighted by atomic mass is 9.60. The largest absolute Gasteiger partial charge is 0.435 e. The second-order valence-electron chi connectivity index (χ2n) is 10.6. The lowest BCUT2D eigenvalue weighted by Gasteiger charge is -2.50. The number of fused-ring (bicyclic) bond motifs is 1. The van der Waals surface area contributed by atoms with Crippen LogP contribution in [0.15, 0.2) is 0 Å². The number of esters is 1. The Morgan fingerprint density at radius 3 is 2.56 bits per heavy atom. The molecule has 0 N–H and O–H groups in total. The van der Waals surface area contributed by atoms with Crippen LogP contribution in [0.25, 0.3) is 0 Å². The van der Waals surface area contributed by atoms with E-state index in [4.69, 9.17) is 24.0 Å². The molecular formula is C21H32O6. The molecule has 5 fully saturated rings. The van der Waals surface area contributed by atoms with Crippen molar-refractivity contribution in [1.82, 2.24) is 0 Å². The van der Waals surface area contributed by atoms with Gasteiger partial charge in [0.15, 0.2) is 0 Å². The van der Waals surface area contributed by atoms with E-state index in [0.717, 1.165) is 32.1 Å². The van der Waals surface area contributed by atoms with E-state index in [1.807, 2.05) is 6.92 Å². The third kappa shape index (κ3) is 2.30. The van der Waals surface area contributed by atoms with Gasteiger partial charge in [-0.15, -0.1) is 0 Å².